The summed E-state index contributed by atoms with van der Waals surface area (Å²) in [4.78, 5) is -0.240. The van der Waals surface area contributed by atoms with Gasteiger partial charge in [0, 0.05) is 20.2 Å². The Labute approximate surface area is 136 Å². The summed E-state index contributed by atoms with van der Waals surface area (Å²) in [6.45, 7) is 2.02. The van der Waals surface area contributed by atoms with E-state index >= 15 is 0 Å². The Kier molecular flexibility index (Phi) is 4.73. The van der Waals surface area contributed by atoms with E-state index in [4.69, 9.17) is 9.47 Å². The van der Waals surface area contributed by atoms with Gasteiger partial charge in [0.1, 0.15) is 10.7 Å². The van der Waals surface area contributed by atoms with Crippen molar-refractivity contribution in [2.75, 3.05) is 33.4 Å². The van der Waals surface area contributed by atoms with Crippen LogP contribution < -0.4 is 0 Å². The quantitative estimate of drug-likeness (QED) is 0.839. The van der Waals surface area contributed by atoms with E-state index in [1.807, 2.05) is 0 Å². The van der Waals surface area contributed by atoms with E-state index in [-0.39, 0.29) is 16.4 Å². The Morgan fingerprint density at radius 3 is 2.70 bits per heavy atom. The molecule has 1 atom stereocenters. The number of nitrogens with zero attached hydrogens (tertiary/aromatic N) is 1. The molecule has 1 spiro atoms. The predicted octanol–water partition coefficient (Wildman–Crippen LogP) is 2.03. The molecule has 2 heterocycles. The van der Waals surface area contributed by atoms with Crippen molar-refractivity contribution in [3.63, 3.8) is 0 Å². The van der Waals surface area contributed by atoms with Gasteiger partial charge >= 0.3 is 0 Å². The molecule has 2 fully saturated rings. The summed E-state index contributed by atoms with van der Waals surface area (Å²) in [7, 11) is -2.12. The normalized spacial score (nSPS) is 25.0. The highest BCUT2D eigenvalue weighted by Gasteiger charge is 2.44. The Balaban J connectivity index is 1.69. The van der Waals surface area contributed by atoms with Crippen molar-refractivity contribution in [3.8, 4) is 0 Å². The molecule has 2 aliphatic heterocycles. The first kappa shape index (κ1) is 16.8. The number of hydrogen-bond donors (Lipinski definition) is 0. The summed E-state index contributed by atoms with van der Waals surface area (Å²) >= 11 is 0. The van der Waals surface area contributed by atoms with Gasteiger partial charge in [0.05, 0.1) is 19.3 Å². The van der Waals surface area contributed by atoms with Crippen LogP contribution in [0.2, 0.25) is 0 Å². The zero-order valence-electron chi connectivity index (χ0n) is 13.2. The number of ether oxygens (including phenoxy) is 2. The van der Waals surface area contributed by atoms with Crippen molar-refractivity contribution in [3.05, 3.63) is 30.1 Å². The molecule has 3 rings (SSSR count). The van der Waals surface area contributed by atoms with E-state index in [1.54, 1.807) is 13.2 Å². The maximum Gasteiger partial charge on any atom is 0.245 e. The largest absolute Gasteiger partial charge is 0.382 e. The maximum absolute atomic E-state index is 13.8. The molecule has 0 aromatic heterocycles. The first-order valence-electron chi connectivity index (χ1n) is 7.82. The van der Waals surface area contributed by atoms with Crippen LogP contribution in [0.15, 0.2) is 29.2 Å². The van der Waals surface area contributed by atoms with Crippen LogP contribution in [0.5, 0.6) is 0 Å². The van der Waals surface area contributed by atoms with E-state index < -0.39 is 15.8 Å². The van der Waals surface area contributed by atoms with Crippen molar-refractivity contribution in [2.45, 2.75) is 30.3 Å². The Morgan fingerprint density at radius 2 is 2.04 bits per heavy atom. The zero-order valence-corrected chi connectivity index (χ0v) is 14.0. The Morgan fingerprint density at radius 1 is 1.35 bits per heavy atom. The average molecular weight is 343 g/mol. The van der Waals surface area contributed by atoms with Gasteiger partial charge in [-0.2, -0.15) is 4.31 Å². The van der Waals surface area contributed by atoms with Crippen molar-refractivity contribution in [1.29, 1.82) is 0 Å². The second-order valence-corrected chi connectivity index (χ2v) is 8.33. The summed E-state index contributed by atoms with van der Waals surface area (Å²) in [6, 6.07) is 5.54. The molecule has 7 heteroatoms. The van der Waals surface area contributed by atoms with Crippen LogP contribution in [0.4, 0.5) is 4.39 Å². The number of benzene rings is 1. The fourth-order valence-electron chi connectivity index (χ4n) is 3.53. The van der Waals surface area contributed by atoms with Gasteiger partial charge in [-0.25, -0.2) is 12.8 Å². The highest BCUT2D eigenvalue weighted by atomic mass is 32.2. The lowest BCUT2D eigenvalue weighted by molar-refractivity contribution is 0.0312. The van der Waals surface area contributed by atoms with E-state index in [2.05, 4.69) is 0 Å². The van der Waals surface area contributed by atoms with Crippen LogP contribution in [0.3, 0.4) is 0 Å². The van der Waals surface area contributed by atoms with Crippen LogP contribution in [0.25, 0.3) is 0 Å². The number of halogens is 1. The van der Waals surface area contributed by atoms with Crippen molar-refractivity contribution in [1.82, 2.24) is 4.31 Å². The van der Waals surface area contributed by atoms with E-state index in [0.717, 1.165) is 19.3 Å². The van der Waals surface area contributed by atoms with Crippen molar-refractivity contribution < 1.29 is 22.3 Å². The third-order valence-corrected chi connectivity index (χ3v) is 6.81. The van der Waals surface area contributed by atoms with Gasteiger partial charge in [0.2, 0.25) is 10.0 Å². The van der Waals surface area contributed by atoms with Crippen LogP contribution >= 0.6 is 0 Å². The molecule has 23 heavy (non-hydrogen) atoms. The number of sulfonamides is 1. The summed E-state index contributed by atoms with van der Waals surface area (Å²) < 4.78 is 51.3. The highest BCUT2D eigenvalue weighted by molar-refractivity contribution is 7.89. The van der Waals surface area contributed by atoms with E-state index in [0.29, 0.717) is 26.3 Å². The van der Waals surface area contributed by atoms with E-state index in [9.17, 15) is 12.8 Å². The van der Waals surface area contributed by atoms with Crippen LogP contribution in [0, 0.1) is 11.2 Å². The molecule has 2 aliphatic rings. The third-order valence-electron chi connectivity index (χ3n) is 4.88. The van der Waals surface area contributed by atoms with Gasteiger partial charge in [-0.3, -0.25) is 0 Å². The second-order valence-electron chi connectivity index (χ2n) is 6.43. The standard InChI is InChI=1S/C16H22FNO4S/c1-21-11-13-10-16(12-22-13)6-8-18(9-7-16)23(19,20)15-5-3-2-4-14(15)17/h2-5,13H,6-12H2,1H3/t13-/m0/s1. The number of hydrogen-bond acceptors (Lipinski definition) is 4. The first-order valence-corrected chi connectivity index (χ1v) is 9.26. The molecule has 0 radical (unpaired) electrons. The SMILES string of the molecule is COC[C@@H]1CC2(CCN(S(=O)(=O)c3ccccc3F)CC2)CO1. The monoisotopic (exact) mass is 343 g/mol. The Hall–Kier alpha value is -1.02. The molecule has 0 aliphatic carbocycles. The fourth-order valence-corrected chi connectivity index (χ4v) is 5.04. The molecular weight excluding hydrogens is 321 g/mol. The Bertz CT molecular complexity index is 656. The predicted molar refractivity (Wildman–Crippen MR) is 83.1 cm³/mol. The molecule has 128 valence electrons. The fraction of sp³-hybridized carbons (Fsp3) is 0.625. The number of rotatable bonds is 4. The van der Waals surface area contributed by atoms with Crippen LogP contribution in [-0.4, -0.2) is 52.2 Å². The summed E-state index contributed by atoms with van der Waals surface area (Å²) in [5.41, 5.74) is 0.0322. The lowest BCUT2D eigenvalue weighted by Crippen LogP contribution is -2.43. The molecule has 0 unspecified atom stereocenters. The van der Waals surface area contributed by atoms with E-state index in [1.165, 1.54) is 22.5 Å². The van der Waals surface area contributed by atoms with Crippen molar-refractivity contribution >= 4 is 10.0 Å². The molecule has 0 N–H and O–H groups in total. The average Bonchev–Trinajstić information content (AvgIpc) is 2.91. The van der Waals surface area contributed by atoms with Gasteiger partial charge in [0.15, 0.2) is 0 Å². The summed E-state index contributed by atoms with van der Waals surface area (Å²) in [5.74, 6) is -0.697. The maximum atomic E-state index is 13.8. The minimum atomic E-state index is -3.77. The number of piperidine rings is 1. The third kappa shape index (κ3) is 3.28. The van der Waals surface area contributed by atoms with Gasteiger partial charge in [-0.05, 0) is 36.8 Å². The van der Waals surface area contributed by atoms with Gasteiger partial charge in [0.25, 0.3) is 0 Å². The molecule has 1 aromatic rings. The zero-order chi connectivity index (χ0) is 16.5. The molecule has 2 saturated heterocycles. The minimum Gasteiger partial charge on any atom is -0.382 e. The second kappa shape index (κ2) is 6.47. The lowest BCUT2D eigenvalue weighted by atomic mass is 9.77. The molecule has 0 bridgehead atoms. The number of methoxy groups -OCH3 is 1. The molecular formula is C16H22FNO4S. The topological polar surface area (TPSA) is 55.8 Å². The minimum absolute atomic E-state index is 0.0322. The van der Waals surface area contributed by atoms with Gasteiger partial charge < -0.3 is 9.47 Å². The summed E-state index contributed by atoms with van der Waals surface area (Å²) in [5, 5.41) is 0. The smallest absolute Gasteiger partial charge is 0.245 e. The van der Waals surface area contributed by atoms with Gasteiger partial charge in [-0.1, -0.05) is 12.1 Å². The van der Waals surface area contributed by atoms with Crippen LogP contribution in [0.1, 0.15) is 19.3 Å². The van der Waals surface area contributed by atoms with Crippen LogP contribution in [-0.2, 0) is 19.5 Å². The molecule has 0 amide bonds. The highest BCUT2D eigenvalue weighted by Crippen LogP contribution is 2.43. The first-order chi connectivity index (χ1) is 11.0. The molecule has 1 aromatic carbocycles. The van der Waals surface area contributed by atoms with Gasteiger partial charge in [-0.15, -0.1) is 0 Å². The summed E-state index contributed by atoms with van der Waals surface area (Å²) in [6.07, 6.45) is 2.46. The molecule has 0 saturated carbocycles. The lowest BCUT2D eigenvalue weighted by Gasteiger charge is -2.37. The van der Waals surface area contributed by atoms with Crippen molar-refractivity contribution in [2.24, 2.45) is 5.41 Å². The molecule has 5 nitrogen and oxygen atoms in total.